The van der Waals surface area contributed by atoms with Crippen LogP contribution in [0.25, 0.3) is 0 Å². The van der Waals surface area contributed by atoms with E-state index in [1.54, 1.807) is 18.2 Å². The van der Waals surface area contributed by atoms with Crippen molar-refractivity contribution in [2.45, 2.75) is 36.9 Å². The minimum Gasteiger partial charge on any atom is -0.326 e. The molecule has 0 saturated heterocycles. The molecule has 4 nitrogen and oxygen atoms in total. The Labute approximate surface area is 130 Å². The summed E-state index contributed by atoms with van der Waals surface area (Å²) >= 11 is 1.20. The van der Waals surface area contributed by atoms with Crippen LogP contribution in [0.3, 0.4) is 0 Å². The summed E-state index contributed by atoms with van der Waals surface area (Å²) in [4.78, 5) is 0.847. The Hall–Kier alpha value is -1.37. The Balaban J connectivity index is 2.38. The van der Waals surface area contributed by atoms with Gasteiger partial charge in [0.25, 0.3) is 10.0 Å². The number of hydrogen-bond acceptors (Lipinski definition) is 4. The van der Waals surface area contributed by atoms with E-state index in [-0.39, 0.29) is 9.62 Å². The molecule has 0 amide bonds. The van der Waals surface area contributed by atoms with Gasteiger partial charge in [-0.15, -0.1) is 11.3 Å². The number of para-hydroxylation sites is 1. The number of sulfonamides is 1. The van der Waals surface area contributed by atoms with Crippen LogP contribution in [-0.2, 0) is 22.0 Å². The quantitative estimate of drug-likeness (QED) is 0.906. The highest BCUT2D eigenvalue weighted by Crippen LogP contribution is 2.31. The molecule has 0 radical (unpaired) electrons. The summed E-state index contributed by atoms with van der Waals surface area (Å²) in [6.45, 7) is 6.51. The molecule has 0 bridgehead atoms. The van der Waals surface area contributed by atoms with Gasteiger partial charge in [0.2, 0.25) is 0 Å². The molecule has 6 heteroatoms. The van der Waals surface area contributed by atoms with Crippen molar-refractivity contribution in [3.8, 4) is 0 Å². The first-order valence-electron chi connectivity index (χ1n) is 6.65. The highest BCUT2D eigenvalue weighted by Gasteiger charge is 2.22. The highest BCUT2D eigenvalue weighted by molar-refractivity contribution is 7.94. The summed E-state index contributed by atoms with van der Waals surface area (Å²) in [6.07, 6.45) is 0. The molecule has 3 N–H and O–H groups in total. The number of benzene rings is 1. The van der Waals surface area contributed by atoms with Gasteiger partial charge in [-0.2, -0.15) is 0 Å². The second-order valence-electron chi connectivity index (χ2n) is 5.83. The Kier molecular flexibility index (Phi) is 4.41. The van der Waals surface area contributed by atoms with Crippen LogP contribution in [0, 0.1) is 0 Å². The van der Waals surface area contributed by atoms with E-state index in [9.17, 15) is 8.42 Å². The van der Waals surface area contributed by atoms with E-state index >= 15 is 0 Å². The molecule has 0 aliphatic rings. The summed E-state index contributed by atoms with van der Waals surface area (Å²) < 4.78 is 27.9. The van der Waals surface area contributed by atoms with Gasteiger partial charge in [0.1, 0.15) is 4.21 Å². The Morgan fingerprint density at radius 1 is 1.14 bits per heavy atom. The first kappa shape index (κ1) is 16.0. The van der Waals surface area contributed by atoms with Gasteiger partial charge in [-0.3, -0.25) is 4.72 Å². The van der Waals surface area contributed by atoms with Gasteiger partial charge in [-0.1, -0.05) is 39.0 Å². The molecule has 1 heterocycles. The number of hydrogen-bond donors (Lipinski definition) is 2. The van der Waals surface area contributed by atoms with Crippen LogP contribution >= 0.6 is 11.3 Å². The standard InChI is InChI=1S/C15H20N2O2S2/c1-15(2,3)12-6-4-5-7-13(12)17-21(18,19)14-9-8-11(10-16)20-14/h4-9,17H,10,16H2,1-3H3. The normalized spacial score (nSPS) is 12.4. The summed E-state index contributed by atoms with van der Waals surface area (Å²) in [5.74, 6) is 0. The largest absolute Gasteiger partial charge is 0.326 e. The van der Waals surface area contributed by atoms with Gasteiger partial charge < -0.3 is 5.73 Å². The molecule has 0 atom stereocenters. The fourth-order valence-corrected chi connectivity index (χ4v) is 4.35. The number of rotatable bonds is 4. The summed E-state index contributed by atoms with van der Waals surface area (Å²) in [6, 6.07) is 10.8. The maximum absolute atomic E-state index is 12.5. The number of nitrogens with one attached hydrogen (secondary N) is 1. The summed E-state index contributed by atoms with van der Waals surface area (Å²) in [5, 5.41) is 0. The van der Waals surface area contributed by atoms with Crippen molar-refractivity contribution in [2.75, 3.05) is 4.72 Å². The van der Waals surface area contributed by atoms with Crippen LogP contribution in [0.15, 0.2) is 40.6 Å². The maximum Gasteiger partial charge on any atom is 0.271 e. The lowest BCUT2D eigenvalue weighted by molar-refractivity contribution is 0.590. The van der Waals surface area contributed by atoms with Crippen molar-refractivity contribution >= 4 is 27.0 Å². The zero-order valence-corrected chi connectivity index (χ0v) is 14.0. The molecule has 1 aromatic carbocycles. The zero-order valence-electron chi connectivity index (χ0n) is 12.4. The van der Waals surface area contributed by atoms with Crippen molar-refractivity contribution in [1.82, 2.24) is 0 Å². The van der Waals surface area contributed by atoms with Crippen molar-refractivity contribution in [3.63, 3.8) is 0 Å². The molecule has 0 unspecified atom stereocenters. The molecular weight excluding hydrogens is 304 g/mol. The average molecular weight is 324 g/mol. The van der Waals surface area contributed by atoms with Crippen LogP contribution in [-0.4, -0.2) is 8.42 Å². The molecule has 0 aliphatic carbocycles. The number of thiophene rings is 1. The third-order valence-corrected chi connectivity index (χ3v) is 6.05. The van der Waals surface area contributed by atoms with E-state index in [4.69, 9.17) is 5.73 Å². The second-order valence-corrected chi connectivity index (χ2v) is 8.90. The first-order chi connectivity index (χ1) is 9.74. The lowest BCUT2D eigenvalue weighted by Crippen LogP contribution is -2.18. The topological polar surface area (TPSA) is 72.2 Å². The van der Waals surface area contributed by atoms with E-state index < -0.39 is 10.0 Å². The van der Waals surface area contributed by atoms with Gasteiger partial charge in [-0.25, -0.2) is 8.42 Å². The first-order valence-corrected chi connectivity index (χ1v) is 8.95. The molecule has 2 aromatic rings. The SMILES string of the molecule is CC(C)(C)c1ccccc1NS(=O)(=O)c1ccc(CN)s1. The van der Waals surface area contributed by atoms with E-state index in [1.165, 1.54) is 11.3 Å². The molecule has 1 aromatic heterocycles. The molecule has 2 rings (SSSR count). The summed E-state index contributed by atoms with van der Waals surface area (Å²) in [7, 11) is -3.57. The maximum atomic E-state index is 12.5. The zero-order chi connectivity index (χ0) is 15.7. The molecule has 21 heavy (non-hydrogen) atoms. The van der Waals surface area contributed by atoms with Crippen LogP contribution in [0.1, 0.15) is 31.2 Å². The molecule has 0 fully saturated rings. The third kappa shape index (κ3) is 3.64. The monoisotopic (exact) mass is 324 g/mol. The Bertz CT molecular complexity index is 728. The smallest absolute Gasteiger partial charge is 0.271 e. The van der Waals surface area contributed by atoms with Crippen molar-refractivity contribution in [1.29, 1.82) is 0 Å². The number of nitrogens with two attached hydrogens (primary N) is 1. The van der Waals surface area contributed by atoms with Crippen molar-refractivity contribution in [3.05, 3.63) is 46.8 Å². The minimum absolute atomic E-state index is 0.142. The molecule has 0 aliphatic heterocycles. The molecule has 0 spiro atoms. The fraction of sp³-hybridized carbons (Fsp3) is 0.333. The minimum atomic E-state index is -3.57. The van der Waals surface area contributed by atoms with E-state index in [2.05, 4.69) is 25.5 Å². The van der Waals surface area contributed by atoms with E-state index in [0.717, 1.165) is 10.4 Å². The van der Waals surface area contributed by atoms with Crippen LogP contribution in [0.2, 0.25) is 0 Å². The molecule has 0 saturated carbocycles. The van der Waals surface area contributed by atoms with E-state index in [1.807, 2.05) is 18.2 Å². The molecule has 114 valence electrons. The van der Waals surface area contributed by atoms with Crippen molar-refractivity contribution in [2.24, 2.45) is 5.73 Å². The fourth-order valence-electron chi connectivity index (χ4n) is 2.03. The number of anilines is 1. The van der Waals surface area contributed by atoms with Gasteiger partial charge >= 0.3 is 0 Å². The highest BCUT2D eigenvalue weighted by atomic mass is 32.2. The Morgan fingerprint density at radius 2 is 1.81 bits per heavy atom. The van der Waals surface area contributed by atoms with Crippen molar-refractivity contribution < 1.29 is 8.42 Å². The second kappa shape index (κ2) is 5.79. The average Bonchev–Trinajstić information content (AvgIpc) is 2.87. The lowest BCUT2D eigenvalue weighted by atomic mass is 9.86. The van der Waals surface area contributed by atoms with Crippen LogP contribution in [0.5, 0.6) is 0 Å². The summed E-state index contributed by atoms with van der Waals surface area (Å²) in [5.41, 5.74) is 6.97. The predicted octanol–water partition coefficient (Wildman–Crippen LogP) is 3.31. The van der Waals surface area contributed by atoms with Gasteiger partial charge in [0.05, 0.1) is 5.69 Å². The van der Waals surface area contributed by atoms with Crippen LogP contribution in [0.4, 0.5) is 5.69 Å². The van der Waals surface area contributed by atoms with Crippen LogP contribution < -0.4 is 10.5 Å². The predicted molar refractivity (Wildman–Crippen MR) is 88.2 cm³/mol. The lowest BCUT2D eigenvalue weighted by Gasteiger charge is -2.23. The Morgan fingerprint density at radius 3 is 2.38 bits per heavy atom. The van der Waals surface area contributed by atoms with Gasteiger partial charge in [0, 0.05) is 11.4 Å². The van der Waals surface area contributed by atoms with E-state index in [0.29, 0.717) is 12.2 Å². The third-order valence-electron chi connectivity index (χ3n) is 3.08. The van der Waals surface area contributed by atoms with Gasteiger partial charge in [0.15, 0.2) is 0 Å². The van der Waals surface area contributed by atoms with Gasteiger partial charge in [-0.05, 0) is 29.2 Å². The molecular formula is C15H20N2O2S2.